The molecular formula is C22H35N3O3. The van der Waals surface area contributed by atoms with Crippen LogP contribution in [-0.2, 0) is 0 Å². The fourth-order valence-corrected chi connectivity index (χ4v) is 3.92. The van der Waals surface area contributed by atoms with Gasteiger partial charge in [0.15, 0.2) is 6.29 Å². The zero-order valence-corrected chi connectivity index (χ0v) is 17.9. The normalized spacial score (nSPS) is 19.9. The number of hydrogen-bond donors (Lipinski definition) is 1. The predicted molar refractivity (Wildman–Crippen MR) is 112 cm³/mol. The van der Waals surface area contributed by atoms with Gasteiger partial charge in [-0.1, -0.05) is 19.9 Å². The highest BCUT2D eigenvalue weighted by Gasteiger charge is 2.33. The number of piperidine rings is 1. The van der Waals surface area contributed by atoms with Crippen LogP contribution in [0.3, 0.4) is 0 Å². The maximum atomic E-state index is 11.3. The molecule has 2 heterocycles. The Bertz CT molecular complexity index is 675. The number of likely N-dealkylation sites (N-methyl/N-ethyl adjacent to an activating group) is 1. The van der Waals surface area contributed by atoms with Crippen LogP contribution < -0.4 is 4.74 Å². The van der Waals surface area contributed by atoms with Gasteiger partial charge in [-0.05, 0) is 51.3 Å². The largest absolute Gasteiger partial charge is 0.507 e. The first-order chi connectivity index (χ1) is 13.5. The average molecular weight is 390 g/mol. The number of hydrogen-bond acceptors (Lipinski definition) is 6. The Morgan fingerprint density at radius 1 is 1.29 bits per heavy atom. The zero-order chi connectivity index (χ0) is 20.7. The summed E-state index contributed by atoms with van der Waals surface area (Å²) in [6, 6.07) is 5.59. The Hall–Kier alpha value is -2.21. The molecular weight excluding hydrogens is 354 g/mol. The molecule has 6 nitrogen and oxygen atoms in total. The number of benzene rings is 1. The fraction of sp³-hybridized carbons (Fsp3) is 0.591. The second-order valence-corrected chi connectivity index (χ2v) is 7.30. The summed E-state index contributed by atoms with van der Waals surface area (Å²) in [5.74, 6) is 1.66. The molecule has 1 atom stereocenters. The molecule has 0 bridgehead atoms. The molecule has 156 valence electrons. The highest BCUT2D eigenvalue weighted by molar-refractivity contribution is 5.83. The van der Waals surface area contributed by atoms with Gasteiger partial charge in [0.2, 0.25) is 0 Å². The van der Waals surface area contributed by atoms with Crippen molar-refractivity contribution in [2.45, 2.75) is 59.0 Å². The summed E-state index contributed by atoms with van der Waals surface area (Å²) >= 11 is 0. The molecule has 1 aromatic rings. The van der Waals surface area contributed by atoms with E-state index in [-0.39, 0.29) is 17.4 Å². The van der Waals surface area contributed by atoms with Gasteiger partial charge in [0.25, 0.3) is 0 Å². The first-order valence-electron chi connectivity index (χ1n) is 10.4. The zero-order valence-electron chi connectivity index (χ0n) is 17.9. The summed E-state index contributed by atoms with van der Waals surface area (Å²) in [6.45, 7) is 10.8. The van der Waals surface area contributed by atoms with Gasteiger partial charge in [-0.2, -0.15) is 0 Å². The summed E-state index contributed by atoms with van der Waals surface area (Å²) in [5, 5.41) is 14.4. The van der Waals surface area contributed by atoms with Crippen LogP contribution in [-0.4, -0.2) is 65.1 Å². The van der Waals surface area contributed by atoms with E-state index in [0.717, 1.165) is 19.5 Å². The first-order valence-corrected chi connectivity index (χ1v) is 10.4. The molecule has 0 saturated carbocycles. The summed E-state index contributed by atoms with van der Waals surface area (Å²) in [7, 11) is 2.11. The SMILES string of the molecule is CC.CC(C)N1C(N2CCCCC2COc2cccc(O)c2C=O)=CCN1C. The molecule has 0 aromatic heterocycles. The van der Waals surface area contributed by atoms with Crippen LogP contribution in [0.5, 0.6) is 11.5 Å². The van der Waals surface area contributed by atoms with Gasteiger partial charge >= 0.3 is 0 Å². The van der Waals surface area contributed by atoms with Crippen molar-refractivity contribution in [1.29, 1.82) is 0 Å². The minimum atomic E-state index is -0.0379. The molecule has 28 heavy (non-hydrogen) atoms. The molecule has 0 amide bonds. The van der Waals surface area contributed by atoms with Gasteiger partial charge in [-0.3, -0.25) is 9.80 Å². The van der Waals surface area contributed by atoms with Crippen molar-refractivity contribution in [3.63, 3.8) is 0 Å². The van der Waals surface area contributed by atoms with E-state index in [2.05, 4.69) is 41.9 Å². The van der Waals surface area contributed by atoms with Crippen molar-refractivity contribution in [2.75, 3.05) is 26.7 Å². The molecule has 0 spiro atoms. The maximum Gasteiger partial charge on any atom is 0.157 e. The minimum Gasteiger partial charge on any atom is -0.507 e. The van der Waals surface area contributed by atoms with Gasteiger partial charge in [0.1, 0.15) is 23.9 Å². The number of aldehydes is 1. The van der Waals surface area contributed by atoms with E-state index < -0.39 is 0 Å². The summed E-state index contributed by atoms with van der Waals surface area (Å²) in [4.78, 5) is 13.7. The summed E-state index contributed by atoms with van der Waals surface area (Å²) in [6.07, 6.45) is 6.34. The fourth-order valence-electron chi connectivity index (χ4n) is 3.92. The lowest BCUT2D eigenvalue weighted by molar-refractivity contribution is -0.0120. The number of nitrogens with zero attached hydrogens (tertiary/aromatic N) is 3. The van der Waals surface area contributed by atoms with E-state index in [1.807, 2.05) is 13.8 Å². The Balaban J connectivity index is 0.00000136. The van der Waals surface area contributed by atoms with Crippen LogP contribution in [0.15, 0.2) is 30.1 Å². The third kappa shape index (κ3) is 4.79. The van der Waals surface area contributed by atoms with Crippen LogP contribution in [0.25, 0.3) is 0 Å². The van der Waals surface area contributed by atoms with Crippen LogP contribution in [0.1, 0.15) is 57.3 Å². The Kier molecular flexibility index (Phi) is 8.18. The van der Waals surface area contributed by atoms with E-state index in [9.17, 15) is 9.90 Å². The number of hydrazine groups is 1. The first kappa shape index (κ1) is 22.1. The molecule has 1 aromatic carbocycles. The number of aromatic hydroxyl groups is 1. The topological polar surface area (TPSA) is 56.2 Å². The van der Waals surface area contributed by atoms with Crippen molar-refractivity contribution in [3.8, 4) is 11.5 Å². The Morgan fingerprint density at radius 2 is 2.04 bits per heavy atom. The number of phenols is 1. The van der Waals surface area contributed by atoms with E-state index in [1.165, 1.54) is 24.7 Å². The second kappa shape index (κ2) is 10.4. The van der Waals surface area contributed by atoms with Gasteiger partial charge in [0.05, 0.1) is 11.6 Å². The van der Waals surface area contributed by atoms with Crippen molar-refractivity contribution < 1.29 is 14.6 Å². The molecule has 3 rings (SSSR count). The third-order valence-corrected chi connectivity index (χ3v) is 5.14. The number of likely N-dealkylation sites (tertiary alicyclic amines) is 1. The molecule has 1 unspecified atom stereocenters. The molecule has 2 aliphatic rings. The van der Waals surface area contributed by atoms with E-state index >= 15 is 0 Å². The maximum absolute atomic E-state index is 11.3. The van der Waals surface area contributed by atoms with Crippen molar-refractivity contribution in [2.24, 2.45) is 0 Å². The van der Waals surface area contributed by atoms with E-state index in [0.29, 0.717) is 24.7 Å². The summed E-state index contributed by atoms with van der Waals surface area (Å²) in [5.41, 5.74) is 0.221. The van der Waals surface area contributed by atoms with Crippen LogP contribution in [0.4, 0.5) is 0 Å². The molecule has 1 saturated heterocycles. The molecule has 0 radical (unpaired) electrons. The molecule has 2 aliphatic heterocycles. The van der Waals surface area contributed by atoms with Crippen molar-refractivity contribution in [3.05, 3.63) is 35.7 Å². The van der Waals surface area contributed by atoms with Gasteiger partial charge in [0, 0.05) is 26.2 Å². The standard InChI is InChI=1S/C20H29N3O3.C2H6/c1-15(2)23-20(10-12-21(23)3)22-11-5-4-7-16(22)14-26-19-9-6-8-18(25)17(19)13-24;1-2/h6,8-10,13,15-16,25H,4-5,7,11-12,14H2,1-3H3;1-2H3. The number of carbonyl (C=O) groups is 1. The lowest BCUT2D eigenvalue weighted by Crippen LogP contribution is -2.50. The smallest absolute Gasteiger partial charge is 0.157 e. The summed E-state index contributed by atoms with van der Waals surface area (Å²) < 4.78 is 5.97. The molecule has 6 heteroatoms. The quantitative estimate of drug-likeness (QED) is 0.745. The lowest BCUT2D eigenvalue weighted by Gasteiger charge is -2.44. The van der Waals surface area contributed by atoms with Crippen LogP contribution >= 0.6 is 0 Å². The predicted octanol–water partition coefficient (Wildman–Crippen LogP) is 3.88. The third-order valence-electron chi connectivity index (χ3n) is 5.14. The molecule has 1 N–H and O–H groups in total. The van der Waals surface area contributed by atoms with E-state index in [4.69, 9.17) is 4.74 Å². The average Bonchev–Trinajstić information content (AvgIpc) is 3.09. The van der Waals surface area contributed by atoms with Gasteiger partial charge < -0.3 is 14.7 Å². The lowest BCUT2D eigenvalue weighted by atomic mass is 10.0. The number of phenolic OH excluding ortho intramolecular Hbond substituents is 1. The Morgan fingerprint density at radius 3 is 2.71 bits per heavy atom. The van der Waals surface area contributed by atoms with Gasteiger partial charge in [-0.25, -0.2) is 5.01 Å². The van der Waals surface area contributed by atoms with Crippen LogP contribution in [0.2, 0.25) is 0 Å². The number of ether oxygens (including phenoxy) is 1. The second-order valence-electron chi connectivity index (χ2n) is 7.30. The minimum absolute atomic E-state index is 0.0379. The van der Waals surface area contributed by atoms with E-state index in [1.54, 1.807) is 12.1 Å². The monoisotopic (exact) mass is 389 g/mol. The van der Waals surface area contributed by atoms with Crippen LogP contribution in [0, 0.1) is 0 Å². The van der Waals surface area contributed by atoms with Crippen molar-refractivity contribution in [1.82, 2.24) is 14.9 Å². The highest BCUT2D eigenvalue weighted by atomic mass is 16.5. The number of carbonyl (C=O) groups excluding carboxylic acids is 1. The van der Waals surface area contributed by atoms with Crippen molar-refractivity contribution >= 4 is 6.29 Å². The number of rotatable bonds is 6. The highest BCUT2D eigenvalue weighted by Crippen LogP contribution is 2.30. The molecule has 0 aliphatic carbocycles. The van der Waals surface area contributed by atoms with Gasteiger partial charge in [-0.15, -0.1) is 0 Å². The molecule has 1 fully saturated rings. The Labute approximate surface area is 169 Å².